The van der Waals surface area contributed by atoms with Crippen LogP contribution >= 0.6 is 0 Å². The number of amides is 1. The maximum absolute atomic E-state index is 11.3. The van der Waals surface area contributed by atoms with Gasteiger partial charge in [0.05, 0.1) is 11.9 Å². The van der Waals surface area contributed by atoms with Gasteiger partial charge < -0.3 is 0 Å². The highest BCUT2D eigenvalue weighted by Gasteiger charge is 2.09. The number of aryl methyl sites for hydroxylation is 2. The van der Waals surface area contributed by atoms with Crippen LogP contribution in [0.3, 0.4) is 0 Å². The third kappa shape index (κ3) is 6.35. The second kappa shape index (κ2) is 10.7. The number of unbranched alkanes of at least 4 members (excludes halogenated alkanes) is 5. The Morgan fingerprint density at radius 2 is 1.80 bits per heavy atom. The lowest BCUT2D eigenvalue weighted by atomic mass is 10.0. The molecule has 0 aliphatic carbocycles. The first-order valence-corrected chi connectivity index (χ1v) is 9.35. The van der Waals surface area contributed by atoms with Crippen molar-refractivity contribution in [3.05, 3.63) is 41.6 Å². The molecular weight excluding hydrogens is 312 g/mol. The molecule has 5 nitrogen and oxygen atoms in total. The van der Waals surface area contributed by atoms with Crippen LogP contribution in [-0.2, 0) is 17.6 Å². The standard InChI is InChI=1S/C20H30N4O/c1-2-3-4-5-6-7-8-16-9-11-17(12-10-16)20-18(15-22-24-20)13-14-19(25)23-21/h9-12,15H,2-8,13-14,21H2,1H3,(H,22,24)(H,23,25). The summed E-state index contributed by atoms with van der Waals surface area (Å²) in [5.41, 5.74) is 6.66. The van der Waals surface area contributed by atoms with Gasteiger partial charge in [-0.1, -0.05) is 63.3 Å². The van der Waals surface area contributed by atoms with E-state index in [1.54, 1.807) is 6.20 Å². The van der Waals surface area contributed by atoms with Gasteiger partial charge in [0.15, 0.2) is 0 Å². The number of benzene rings is 1. The number of carbonyl (C=O) groups is 1. The molecular formula is C20H30N4O. The van der Waals surface area contributed by atoms with Crippen molar-refractivity contribution in [1.82, 2.24) is 15.6 Å². The average molecular weight is 342 g/mol. The molecule has 1 aromatic heterocycles. The first-order valence-electron chi connectivity index (χ1n) is 9.35. The zero-order valence-electron chi connectivity index (χ0n) is 15.2. The fraction of sp³-hybridized carbons (Fsp3) is 0.500. The number of hydrogen-bond acceptors (Lipinski definition) is 3. The fourth-order valence-corrected chi connectivity index (χ4v) is 3.02. The van der Waals surface area contributed by atoms with E-state index in [1.165, 1.54) is 44.1 Å². The van der Waals surface area contributed by atoms with Gasteiger partial charge >= 0.3 is 0 Å². The molecule has 136 valence electrons. The van der Waals surface area contributed by atoms with E-state index in [9.17, 15) is 4.79 Å². The second-order valence-corrected chi connectivity index (χ2v) is 6.55. The second-order valence-electron chi connectivity index (χ2n) is 6.55. The summed E-state index contributed by atoms with van der Waals surface area (Å²) < 4.78 is 0. The molecule has 0 aliphatic rings. The Morgan fingerprint density at radius 3 is 2.52 bits per heavy atom. The Kier molecular flexibility index (Phi) is 8.19. The minimum Gasteiger partial charge on any atom is -0.294 e. The van der Waals surface area contributed by atoms with Crippen LogP contribution in [0.4, 0.5) is 0 Å². The molecule has 0 atom stereocenters. The summed E-state index contributed by atoms with van der Waals surface area (Å²) in [5.74, 6) is 4.96. The molecule has 5 heteroatoms. The van der Waals surface area contributed by atoms with Gasteiger partial charge in [0.1, 0.15) is 0 Å². The molecule has 2 rings (SSSR count). The van der Waals surface area contributed by atoms with Crippen LogP contribution in [0.2, 0.25) is 0 Å². The number of H-pyrrole nitrogens is 1. The van der Waals surface area contributed by atoms with Crippen molar-refractivity contribution in [2.75, 3.05) is 0 Å². The van der Waals surface area contributed by atoms with Gasteiger partial charge in [-0.05, 0) is 36.0 Å². The fourth-order valence-electron chi connectivity index (χ4n) is 3.02. The summed E-state index contributed by atoms with van der Waals surface area (Å²) in [6, 6.07) is 8.65. The highest BCUT2D eigenvalue weighted by atomic mass is 16.2. The number of aromatic amines is 1. The zero-order valence-corrected chi connectivity index (χ0v) is 15.2. The molecule has 0 spiro atoms. The SMILES string of the molecule is CCCCCCCCc1ccc(-c2[nH]ncc2CCC(=O)NN)cc1. The summed E-state index contributed by atoms with van der Waals surface area (Å²) >= 11 is 0. The first kappa shape index (κ1) is 19.2. The predicted molar refractivity (Wildman–Crippen MR) is 102 cm³/mol. The topological polar surface area (TPSA) is 83.8 Å². The third-order valence-corrected chi connectivity index (χ3v) is 4.56. The molecule has 0 bridgehead atoms. The van der Waals surface area contributed by atoms with E-state index in [2.05, 4.69) is 46.8 Å². The van der Waals surface area contributed by atoms with Gasteiger partial charge in [-0.3, -0.25) is 15.3 Å². The predicted octanol–water partition coefficient (Wildman–Crippen LogP) is 3.90. The molecule has 1 heterocycles. The van der Waals surface area contributed by atoms with Crippen molar-refractivity contribution in [1.29, 1.82) is 0 Å². The number of nitrogens with one attached hydrogen (secondary N) is 2. The van der Waals surface area contributed by atoms with Crippen LogP contribution in [0.15, 0.2) is 30.5 Å². The average Bonchev–Trinajstić information content (AvgIpc) is 3.11. The third-order valence-electron chi connectivity index (χ3n) is 4.56. The van der Waals surface area contributed by atoms with Gasteiger partial charge in [-0.2, -0.15) is 5.10 Å². The summed E-state index contributed by atoms with van der Waals surface area (Å²) in [4.78, 5) is 11.3. The minimum atomic E-state index is -0.165. The van der Waals surface area contributed by atoms with Crippen LogP contribution in [0, 0.1) is 0 Å². The van der Waals surface area contributed by atoms with Crippen molar-refractivity contribution < 1.29 is 4.79 Å². The van der Waals surface area contributed by atoms with Crippen molar-refractivity contribution in [2.24, 2.45) is 5.84 Å². The molecule has 0 saturated heterocycles. The molecule has 0 fully saturated rings. The Morgan fingerprint density at radius 1 is 1.08 bits per heavy atom. The maximum atomic E-state index is 11.3. The highest BCUT2D eigenvalue weighted by Crippen LogP contribution is 2.23. The molecule has 2 aromatic rings. The number of nitrogens with zero attached hydrogens (tertiary/aromatic N) is 1. The Bertz CT molecular complexity index is 633. The molecule has 4 N–H and O–H groups in total. The minimum absolute atomic E-state index is 0.165. The molecule has 0 saturated carbocycles. The molecule has 1 aromatic carbocycles. The van der Waals surface area contributed by atoms with Crippen LogP contribution in [0.25, 0.3) is 11.3 Å². The van der Waals surface area contributed by atoms with Crippen LogP contribution in [0.5, 0.6) is 0 Å². The van der Waals surface area contributed by atoms with E-state index in [0.717, 1.165) is 23.2 Å². The lowest BCUT2D eigenvalue weighted by Gasteiger charge is -2.06. The van der Waals surface area contributed by atoms with Gasteiger partial charge in [-0.25, -0.2) is 5.84 Å². The largest absolute Gasteiger partial charge is 0.294 e. The molecule has 0 radical (unpaired) electrons. The number of rotatable bonds is 11. The number of nitrogens with two attached hydrogens (primary N) is 1. The summed E-state index contributed by atoms with van der Waals surface area (Å²) in [6.45, 7) is 2.25. The molecule has 1 amide bonds. The Balaban J connectivity index is 1.85. The van der Waals surface area contributed by atoms with Crippen LogP contribution < -0.4 is 11.3 Å². The first-order chi connectivity index (χ1) is 12.2. The molecule has 0 unspecified atom stereocenters. The summed E-state index contributed by atoms with van der Waals surface area (Å²) in [6.07, 6.45) is 11.8. The highest BCUT2D eigenvalue weighted by molar-refractivity contribution is 5.76. The van der Waals surface area contributed by atoms with E-state index in [0.29, 0.717) is 12.8 Å². The smallest absolute Gasteiger partial charge is 0.234 e. The number of hydrogen-bond donors (Lipinski definition) is 3. The molecule has 0 aliphatic heterocycles. The maximum Gasteiger partial charge on any atom is 0.234 e. The zero-order chi connectivity index (χ0) is 17.9. The lowest BCUT2D eigenvalue weighted by Crippen LogP contribution is -2.30. The number of aromatic nitrogens is 2. The van der Waals surface area contributed by atoms with Crippen LogP contribution in [-0.4, -0.2) is 16.1 Å². The normalized spacial score (nSPS) is 10.8. The lowest BCUT2D eigenvalue weighted by molar-refractivity contribution is -0.121. The van der Waals surface area contributed by atoms with Gasteiger partial charge in [-0.15, -0.1) is 0 Å². The van der Waals surface area contributed by atoms with E-state index in [1.807, 2.05) is 0 Å². The monoisotopic (exact) mass is 342 g/mol. The number of hydrazine groups is 1. The van der Waals surface area contributed by atoms with Crippen molar-refractivity contribution >= 4 is 5.91 Å². The van der Waals surface area contributed by atoms with Gasteiger partial charge in [0.25, 0.3) is 0 Å². The van der Waals surface area contributed by atoms with Crippen molar-refractivity contribution in [3.63, 3.8) is 0 Å². The van der Waals surface area contributed by atoms with Gasteiger partial charge in [0, 0.05) is 6.42 Å². The molecule has 25 heavy (non-hydrogen) atoms. The summed E-state index contributed by atoms with van der Waals surface area (Å²) in [5, 5.41) is 7.16. The van der Waals surface area contributed by atoms with E-state index < -0.39 is 0 Å². The quantitative estimate of drug-likeness (QED) is 0.251. The van der Waals surface area contributed by atoms with Crippen molar-refractivity contribution in [2.45, 2.75) is 64.7 Å². The van der Waals surface area contributed by atoms with Gasteiger partial charge in [0.2, 0.25) is 5.91 Å². The Hall–Kier alpha value is -2.14. The van der Waals surface area contributed by atoms with E-state index >= 15 is 0 Å². The van der Waals surface area contributed by atoms with Crippen LogP contribution in [0.1, 0.15) is 63.0 Å². The summed E-state index contributed by atoms with van der Waals surface area (Å²) in [7, 11) is 0. The van der Waals surface area contributed by atoms with E-state index in [-0.39, 0.29) is 5.91 Å². The van der Waals surface area contributed by atoms with E-state index in [4.69, 9.17) is 5.84 Å². The van der Waals surface area contributed by atoms with Crippen molar-refractivity contribution in [3.8, 4) is 11.3 Å². The number of carbonyl (C=O) groups excluding carboxylic acids is 1. The Labute approximate surface area is 150 Å².